The molecule has 6 heteroatoms. The molecule has 0 amide bonds. The van der Waals surface area contributed by atoms with Crippen molar-refractivity contribution in [3.05, 3.63) is 12.4 Å². The molecule has 0 bridgehead atoms. The summed E-state index contributed by atoms with van der Waals surface area (Å²) in [7, 11) is 3.87. The van der Waals surface area contributed by atoms with E-state index in [-0.39, 0.29) is 0 Å². The molecule has 0 unspecified atom stereocenters. The van der Waals surface area contributed by atoms with Gasteiger partial charge in [0.05, 0.1) is 17.3 Å². The van der Waals surface area contributed by atoms with Gasteiger partial charge >= 0.3 is 0 Å². The van der Waals surface area contributed by atoms with Gasteiger partial charge in [0, 0.05) is 14.1 Å². The molecule has 0 atom stereocenters. The van der Waals surface area contributed by atoms with Gasteiger partial charge in [-0.2, -0.15) is 0 Å². The lowest BCUT2D eigenvalue weighted by Crippen LogP contribution is -2.07. The fourth-order valence-corrected chi connectivity index (χ4v) is 1.85. The topological polar surface area (TPSA) is 68.2 Å². The maximum atomic E-state index is 5.67. The highest BCUT2D eigenvalue weighted by molar-refractivity contribution is 7.18. The van der Waals surface area contributed by atoms with Crippen LogP contribution in [0.15, 0.2) is 16.9 Å². The van der Waals surface area contributed by atoms with E-state index in [4.69, 9.17) is 10.3 Å². The first-order chi connectivity index (χ1) is 6.68. The van der Waals surface area contributed by atoms with Crippen molar-refractivity contribution in [2.75, 3.05) is 24.7 Å². The van der Waals surface area contributed by atoms with E-state index in [1.807, 2.05) is 19.0 Å². The van der Waals surface area contributed by atoms with E-state index < -0.39 is 0 Å². The Labute approximate surface area is 85.1 Å². The molecular weight excluding hydrogens is 200 g/mol. The van der Waals surface area contributed by atoms with Gasteiger partial charge in [0.1, 0.15) is 5.69 Å². The molecule has 0 fully saturated rings. The van der Waals surface area contributed by atoms with E-state index >= 15 is 0 Å². The molecule has 0 aliphatic rings. The largest absolute Gasteiger partial charge is 0.394 e. The van der Waals surface area contributed by atoms with Crippen LogP contribution in [0.2, 0.25) is 0 Å². The zero-order valence-electron chi connectivity index (χ0n) is 7.89. The number of nitrogens with two attached hydrogens (primary N) is 1. The Morgan fingerprint density at radius 3 is 2.71 bits per heavy atom. The Bertz CT molecular complexity index is 434. The normalized spacial score (nSPS) is 10.4. The van der Waals surface area contributed by atoms with Gasteiger partial charge in [-0.25, -0.2) is 4.98 Å². The van der Waals surface area contributed by atoms with Gasteiger partial charge in [-0.1, -0.05) is 16.5 Å². The number of nitrogens with zero attached hydrogens (tertiary/aromatic N) is 3. The number of hydrogen-bond donors (Lipinski definition) is 1. The maximum absolute atomic E-state index is 5.67. The van der Waals surface area contributed by atoms with Crippen molar-refractivity contribution in [3.63, 3.8) is 0 Å². The molecule has 2 aromatic rings. The molecule has 0 radical (unpaired) electrons. The van der Waals surface area contributed by atoms with Gasteiger partial charge in [-0.3, -0.25) is 0 Å². The summed E-state index contributed by atoms with van der Waals surface area (Å²) in [6.45, 7) is 0. The number of anilines is 2. The van der Waals surface area contributed by atoms with Crippen LogP contribution in [0.3, 0.4) is 0 Å². The van der Waals surface area contributed by atoms with Crippen molar-refractivity contribution >= 4 is 22.2 Å². The lowest BCUT2D eigenvalue weighted by atomic mass is 10.4. The van der Waals surface area contributed by atoms with Crippen molar-refractivity contribution in [3.8, 4) is 10.6 Å². The van der Waals surface area contributed by atoms with Crippen LogP contribution >= 0.6 is 11.3 Å². The van der Waals surface area contributed by atoms with Crippen molar-refractivity contribution in [1.29, 1.82) is 0 Å². The molecular formula is C8H10N4OS. The standard InChI is InChI=1S/C8H10N4OS/c1-12(2)8-10-4-6(14-8)7-5(9)3-11-13-7/h3-4H,9H2,1-2H3. The quantitative estimate of drug-likeness (QED) is 0.812. The minimum atomic E-state index is 0.541. The second kappa shape index (κ2) is 3.30. The first-order valence-corrected chi connectivity index (χ1v) is 4.84. The lowest BCUT2D eigenvalue weighted by Gasteiger charge is -2.04. The van der Waals surface area contributed by atoms with Crippen molar-refractivity contribution in [1.82, 2.24) is 10.1 Å². The summed E-state index contributed by atoms with van der Waals surface area (Å²) in [6, 6.07) is 0. The van der Waals surface area contributed by atoms with Gasteiger partial charge in [-0.15, -0.1) is 0 Å². The molecule has 0 spiro atoms. The first kappa shape index (κ1) is 9.01. The molecule has 0 aromatic carbocycles. The highest BCUT2D eigenvalue weighted by Gasteiger charge is 2.12. The van der Waals surface area contributed by atoms with E-state index in [0.717, 1.165) is 10.0 Å². The molecule has 2 N–H and O–H groups in total. The van der Waals surface area contributed by atoms with Gasteiger partial charge in [0.15, 0.2) is 5.13 Å². The maximum Gasteiger partial charge on any atom is 0.201 e. The smallest absolute Gasteiger partial charge is 0.201 e. The molecule has 2 rings (SSSR count). The summed E-state index contributed by atoms with van der Waals surface area (Å²) < 4.78 is 5.02. The lowest BCUT2D eigenvalue weighted by molar-refractivity contribution is 0.433. The van der Waals surface area contributed by atoms with Crippen LogP contribution in [-0.2, 0) is 0 Å². The average molecular weight is 210 g/mol. The molecule has 0 aliphatic heterocycles. The summed E-state index contributed by atoms with van der Waals surface area (Å²) in [5, 5.41) is 4.53. The van der Waals surface area contributed by atoms with E-state index in [0.29, 0.717) is 11.4 Å². The zero-order chi connectivity index (χ0) is 10.1. The van der Waals surface area contributed by atoms with Gasteiger partial charge in [-0.05, 0) is 0 Å². The van der Waals surface area contributed by atoms with E-state index in [2.05, 4.69) is 10.1 Å². The predicted molar refractivity (Wildman–Crippen MR) is 56.4 cm³/mol. The summed E-state index contributed by atoms with van der Waals surface area (Å²) in [5.74, 6) is 0.593. The highest BCUT2D eigenvalue weighted by atomic mass is 32.1. The monoisotopic (exact) mass is 210 g/mol. The summed E-state index contributed by atoms with van der Waals surface area (Å²) in [5.41, 5.74) is 6.21. The van der Waals surface area contributed by atoms with E-state index in [9.17, 15) is 0 Å². The fraction of sp³-hybridized carbons (Fsp3) is 0.250. The predicted octanol–water partition coefficient (Wildman–Crippen LogP) is 1.45. The Kier molecular flexibility index (Phi) is 2.12. The fourth-order valence-electron chi connectivity index (χ4n) is 1.01. The number of nitrogen functional groups attached to an aromatic ring is 1. The molecule has 5 nitrogen and oxygen atoms in total. The Morgan fingerprint density at radius 1 is 1.43 bits per heavy atom. The van der Waals surface area contributed by atoms with Crippen LogP contribution in [0.25, 0.3) is 10.6 Å². The summed E-state index contributed by atoms with van der Waals surface area (Å²) >= 11 is 1.51. The zero-order valence-corrected chi connectivity index (χ0v) is 8.71. The van der Waals surface area contributed by atoms with Gasteiger partial charge in [0.25, 0.3) is 0 Å². The SMILES string of the molecule is CN(C)c1ncc(-c2oncc2N)s1. The third kappa shape index (κ3) is 1.44. The molecule has 0 saturated heterocycles. The van der Waals surface area contributed by atoms with Crippen molar-refractivity contribution in [2.45, 2.75) is 0 Å². The van der Waals surface area contributed by atoms with Crippen molar-refractivity contribution in [2.24, 2.45) is 0 Å². The summed E-state index contributed by atoms with van der Waals surface area (Å²) in [4.78, 5) is 7.04. The van der Waals surface area contributed by atoms with Crippen LogP contribution in [-0.4, -0.2) is 24.2 Å². The molecule has 14 heavy (non-hydrogen) atoms. The van der Waals surface area contributed by atoms with Crippen LogP contribution < -0.4 is 10.6 Å². The Balaban J connectivity index is 2.39. The number of hydrogen-bond acceptors (Lipinski definition) is 6. The highest BCUT2D eigenvalue weighted by Crippen LogP contribution is 2.33. The Hall–Kier alpha value is -1.56. The molecule has 2 heterocycles. The minimum Gasteiger partial charge on any atom is -0.394 e. The number of thiazole rings is 1. The first-order valence-electron chi connectivity index (χ1n) is 4.02. The van der Waals surface area contributed by atoms with Gasteiger partial charge < -0.3 is 15.2 Å². The van der Waals surface area contributed by atoms with E-state index in [1.54, 1.807) is 6.20 Å². The molecule has 74 valence electrons. The van der Waals surface area contributed by atoms with E-state index in [1.165, 1.54) is 17.5 Å². The number of aromatic nitrogens is 2. The third-order valence-electron chi connectivity index (χ3n) is 1.70. The second-order valence-corrected chi connectivity index (χ2v) is 4.02. The molecule has 0 aliphatic carbocycles. The Morgan fingerprint density at radius 2 is 2.21 bits per heavy atom. The van der Waals surface area contributed by atoms with Crippen molar-refractivity contribution < 1.29 is 4.52 Å². The van der Waals surface area contributed by atoms with Crippen LogP contribution in [0.4, 0.5) is 10.8 Å². The minimum absolute atomic E-state index is 0.541. The molecule has 2 aromatic heterocycles. The third-order valence-corrected chi connectivity index (χ3v) is 2.86. The van der Waals surface area contributed by atoms with Crippen LogP contribution in [0, 0.1) is 0 Å². The second-order valence-electron chi connectivity index (χ2n) is 3.01. The van der Waals surface area contributed by atoms with Crippen LogP contribution in [0.5, 0.6) is 0 Å². The average Bonchev–Trinajstić information content (AvgIpc) is 2.71. The van der Waals surface area contributed by atoms with Gasteiger partial charge in [0.2, 0.25) is 5.76 Å². The van der Waals surface area contributed by atoms with Crippen LogP contribution in [0.1, 0.15) is 0 Å². The molecule has 0 saturated carbocycles. The summed E-state index contributed by atoms with van der Waals surface area (Å²) in [6.07, 6.45) is 3.22. The number of rotatable bonds is 2.